The fraction of sp³-hybridized carbons (Fsp3) is 0.400. The Hall–Kier alpha value is -1.61. The number of carboxylic acid groups (broad SMARTS) is 1. The highest BCUT2D eigenvalue weighted by atomic mass is 16.4. The molecule has 0 amide bonds. The van der Waals surface area contributed by atoms with E-state index in [9.17, 15) is 4.79 Å². The maximum absolute atomic E-state index is 10.8. The molecule has 0 saturated carbocycles. The number of hydrogen-bond acceptors (Lipinski definition) is 2. The van der Waals surface area contributed by atoms with Gasteiger partial charge in [0, 0.05) is 18.2 Å². The fourth-order valence-electron chi connectivity index (χ4n) is 1.80. The van der Waals surface area contributed by atoms with E-state index in [4.69, 9.17) is 5.11 Å². The minimum atomic E-state index is -0.831. The van der Waals surface area contributed by atoms with Gasteiger partial charge in [-0.2, -0.15) is 0 Å². The van der Waals surface area contributed by atoms with E-state index in [0.717, 1.165) is 0 Å². The summed E-state index contributed by atoms with van der Waals surface area (Å²) in [5, 5.41) is 12.2. The van der Waals surface area contributed by atoms with E-state index in [-0.39, 0.29) is 6.04 Å². The number of carboxylic acids is 1. The summed E-state index contributed by atoms with van der Waals surface area (Å²) in [6.07, 6.45) is 2.30. The third kappa shape index (κ3) is 4.34. The van der Waals surface area contributed by atoms with Crippen LogP contribution in [0.25, 0.3) is 0 Å². The van der Waals surface area contributed by atoms with Gasteiger partial charge in [0.15, 0.2) is 0 Å². The van der Waals surface area contributed by atoms with Crippen LogP contribution in [0.3, 0.4) is 0 Å². The van der Waals surface area contributed by atoms with Crippen LogP contribution in [0.4, 0.5) is 0 Å². The van der Waals surface area contributed by atoms with Gasteiger partial charge < -0.3 is 10.4 Å². The minimum Gasteiger partial charge on any atom is -0.478 e. The van der Waals surface area contributed by atoms with Gasteiger partial charge >= 0.3 is 5.97 Å². The van der Waals surface area contributed by atoms with Crippen molar-refractivity contribution in [2.24, 2.45) is 0 Å². The largest absolute Gasteiger partial charge is 0.478 e. The zero-order valence-corrected chi connectivity index (χ0v) is 11.2. The first-order chi connectivity index (χ1) is 8.54. The van der Waals surface area contributed by atoms with Crippen molar-refractivity contribution in [2.45, 2.75) is 33.2 Å². The van der Waals surface area contributed by atoms with Crippen LogP contribution in [0.15, 0.2) is 35.9 Å². The van der Waals surface area contributed by atoms with Crippen molar-refractivity contribution in [3.63, 3.8) is 0 Å². The Morgan fingerprint density at radius 3 is 2.78 bits per heavy atom. The molecule has 0 heterocycles. The molecule has 98 valence electrons. The topological polar surface area (TPSA) is 49.3 Å². The summed E-state index contributed by atoms with van der Waals surface area (Å²) in [5.74, 6) is -0.831. The second kappa shape index (κ2) is 6.97. The van der Waals surface area contributed by atoms with Crippen molar-refractivity contribution >= 4 is 5.97 Å². The van der Waals surface area contributed by atoms with E-state index in [0.29, 0.717) is 18.5 Å². The number of hydrogen-bond donors (Lipinski definition) is 2. The molecule has 3 nitrogen and oxygen atoms in total. The van der Waals surface area contributed by atoms with Crippen molar-refractivity contribution in [2.75, 3.05) is 6.54 Å². The van der Waals surface area contributed by atoms with Crippen molar-refractivity contribution < 1.29 is 9.90 Å². The van der Waals surface area contributed by atoms with Crippen molar-refractivity contribution in [3.05, 3.63) is 47.0 Å². The maximum Gasteiger partial charge on any atom is 0.331 e. The molecule has 0 aliphatic heterocycles. The first kappa shape index (κ1) is 14.5. The summed E-state index contributed by atoms with van der Waals surface area (Å²) in [5.41, 5.74) is 2.91. The Bertz CT molecular complexity index is 438. The third-order valence-corrected chi connectivity index (χ3v) is 2.97. The molecule has 1 atom stereocenters. The standard InChI is InChI=1S/C15H21NO2/c1-4-13(15(17)18)8-9-16-12(3)14-7-5-6-11(2)10-14/h5-8,10,12,16H,4,9H2,1-3H3,(H,17,18)/b13-8-/t12-/m0/s1. The van der Waals surface area contributed by atoms with Crippen molar-refractivity contribution in [1.82, 2.24) is 5.32 Å². The van der Waals surface area contributed by atoms with Gasteiger partial charge in [-0.1, -0.05) is 42.8 Å². The second-order valence-electron chi connectivity index (χ2n) is 4.43. The number of aliphatic carboxylic acids is 1. The average Bonchev–Trinajstić information content (AvgIpc) is 2.34. The smallest absolute Gasteiger partial charge is 0.331 e. The van der Waals surface area contributed by atoms with E-state index >= 15 is 0 Å². The molecule has 0 fully saturated rings. The molecule has 0 aliphatic carbocycles. The van der Waals surface area contributed by atoms with Gasteiger partial charge in [0.25, 0.3) is 0 Å². The molecule has 1 aromatic carbocycles. The second-order valence-corrected chi connectivity index (χ2v) is 4.43. The highest BCUT2D eigenvalue weighted by Gasteiger charge is 2.05. The summed E-state index contributed by atoms with van der Waals surface area (Å²) in [6, 6.07) is 8.53. The maximum atomic E-state index is 10.8. The minimum absolute atomic E-state index is 0.216. The van der Waals surface area contributed by atoms with E-state index in [1.54, 1.807) is 6.08 Å². The zero-order chi connectivity index (χ0) is 13.5. The van der Waals surface area contributed by atoms with Gasteiger partial charge in [0.2, 0.25) is 0 Å². The van der Waals surface area contributed by atoms with E-state index in [2.05, 4.69) is 37.4 Å². The quantitative estimate of drug-likeness (QED) is 0.759. The van der Waals surface area contributed by atoms with Crippen molar-refractivity contribution in [1.29, 1.82) is 0 Å². The molecule has 0 aromatic heterocycles. The summed E-state index contributed by atoms with van der Waals surface area (Å²) in [6.45, 7) is 6.57. The van der Waals surface area contributed by atoms with Gasteiger partial charge in [-0.25, -0.2) is 4.79 Å². The molecular weight excluding hydrogens is 226 g/mol. The molecule has 0 saturated heterocycles. The molecule has 0 radical (unpaired) electrons. The Kier molecular flexibility index (Phi) is 5.59. The number of rotatable bonds is 6. The normalized spacial score (nSPS) is 13.4. The van der Waals surface area contributed by atoms with Crippen LogP contribution >= 0.6 is 0 Å². The van der Waals surface area contributed by atoms with Crippen LogP contribution in [-0.4, -0.2) is 17.6 Å². The predicted octanol–water partition coefficient (Wildman–Crippen LogP) is 3.07. The van der Waals surface area contributed by atoms with Gasteiger partial charge in [0.05, 0.1) is 0 Å². The van der Waals surface area contributed by atoms with Gasteiger partial charge in [0.1, 0.15) is 0 Å². The zero-order valence-electron chi connectivity index (χ0n) is 11.2. The van der Waals surface area contributed by atoms with E-state index < -0.39 is 5.97 Å². The lowest BCUT2D eigenvalue weighted by molar-refractivity contribution is -0.132. The van der Waals surface area contributed by atoms with Gasteiger partial charge in [-0.3, -0.25) is 0 Å². The Morgan fingerprint density at radius 1 is 1.50 bits per heavy atom. The van der Waals surface area contributed by atoms with E-state index in [1.807, 2.05) is 13.0 Å². The monoisotopic (exact) mass is 247 g/mol. The molecule has 18 heavy (non-hydrogen) atoms. The molecule has 1 rings (SSSR count). The van der Waals surface area contributed by atoms with Crippen LogP contribution < -0.4 is 5.32 Å². The molecule has 0 aliphatic rings. The van der Waals surface area contributed by atoms with Crippen molar-refractivity contribution in [3.8, 4) is 0 Å². The highest BCUT2D eigenvalue weighted by molar-refractivity contribution is 5.86. The summed E-state index contributed by atoms with van der Waals surface area (Å²) < 4.78 is 0. The molecule has 0 unspecified atom stereocenters. The molecule has 3 heteroatoms. The SMILES string of the molecule is CC/C(=C/CN[C@@H](C)c1cccc(C)c1)C(=O)O. The van der Waals surface area contributed by atoms with Crippen LogP contribution in [0.1, 0.15) is 37.4 Å². The fourth-order valence-corrected chi connectivity index (χ4v) is 1.80. The van der Waals surface area contributed by atoms with Crippen LogP contribution in [0, 0.1) is 6.92 Å². The lowest BCUT2D eigenvalue weighted by Crippen LogP contribution is -2.19. The lowest BCUT2D eigenvalue weighted by atomic mass is 10.1. The van der Waals surface area contributed by atoms with Gasteiger partial charge in [-0.15, -0.1) is 0 Å². The first-order valence-corrected chi connectivity index (χ1v) is 6.26. The molecule has 0 bridgehead atoms. The predicted molar refractivity (Wildman–Crippen MR) is 73.6 cm³/mol. The molecule has 0 spiro atoms. The summed E-state index contributed by atoms with van der Waals surface area (Å²) >= 11 is 0. The van der Waals surface area contributed by atoms with Gasteiger partial charge in [-0.05, 0) is 25.8 Å². The Morgan fingerprint density at radius 2 is 2.22 bits per heavy atom. The first-order valence-electron chi connectivity index (χ1n) is 6.26. The van der Waals surface area contributed by atoms with Crippen LogP contribution in [-0.2, 0) is 4.79 Å². The summed E-state index contributed by atoms with van der Waals surface area (Å²) in [4.78, 5) is 10.8. The number of carbonyl (C=O) groups is 1. The number of benzene rings is 1. The molecule has 1 aromatic rings. The van der Waals surface area contributed by atoms with E-state index in [1.165, 1.54) is 11.1 Å². The van der Waals surface area contributed by atoms with Crippen LogP contribution in [0.2, 0.25) is 0 Å². The Balaban J connectivity index is 2.56. The number of aryl methyl sites for hydroxylation is 1. The molecular formula is C15H21NO2. The average molecular weight is 247 g/mol. The number of nitrogens with one attached hydrogen (secondary N) is 1. The Labute approximate surface area is 109 Å². The highest BCUT2D eigenvalue weighted by Crippen LogP contribution is 2.13. The lowest BCUT2D eigenvalue weighted by Gasteiger charge is -2.13. The summed E-state index contributed by atoms with van der Waals surface area (Å²) in [7, 11) is 0. The molecule has 2 N–H and O–H groups in total. The van der Waals surface area contributed by atoms with Crippen LogP contribution in [0.5, 0.6) is 0 Å². The third-order valence-electron chi connectivity index (χ3n) is 2.97.